The fourth-order valence-electron chi connectivity index (χ4n) is 2.13. The lowest BCUT2D eigenvalue weighted by atomic mass is 9.94. The van der Waals surface area contributed by atoms with Crippen molar-refractivity contribution in [3.63, 3.8) is 0 Å². The van der Waals surface area contributed by atoms with E-state index in [9.17, 15) is 9.90 Å². The highest BCUT2D eigenvalue weighted by Gasteiger charge is 2.31. The Morgan fingerprint density at radius 3 is 2.50 bits per heavy atom. The van der Waals surface area contributed by atoms with Crippen molar-refractivity contribution in [2.24, 2.45) is 0 Å². The highest BCUT2D eigenvalue weighted by Crippen LogP contribution is 2.15. The van der Waals surface area contributed by atoms with Crippen LogP contribution >= 0.6 is 0 Å². The van der Waals surface area contributed by atoms with E-state index < -0.39 is 11.5 Å². The van der Waals surface area contributed by atoms with Crippen molar-refractivity contribution in [1.29, 1.82) is 0 Å². The van der Waals surface area contributed by atoms with Crippen molar-refractivity contribution in [2.75, 3.05) is 39.9 Å². The molecule has 1 atom stereocenters. The van der Waals surface area contributed by atoms with E-state index >= 15 is 0 Å². The number of unbranched alkanes of at least 4 members (excludes halogenated alkanes) is 1. The highest BCUT2D eigenvalue weighted by atomic mass is 16.5. The van der Waals surface area contributed by atoms with Crippen LogP contribution in [0.3, 0.4) is 0 Å². The third-order valence-electron chi connectivity index (χ3n) is 3.70. The molecule has 0 rings (SSSR count). The molecule has 0 radical (unpaired) electrons. The van der Waals surface area contributed by atoms with Gasteiger partial charge in [-0.2, -0.15) is 0 Å². The summed E-state index contributed by atoms with van der Waals surface area (Å²) >= 11 is 0. The van der Waals surface area contributed by atoms with E-state index in [1.165, 1.54) is 0 Å². The van der Waals surface area contributed by atoms with Crippen LogP contribution in [-0.4, -0.2) is 61.4 Å². The number of rotatable bonds is 13. The van der Waals surface area contributed by atoms with Gasteiger partial charge in [-0.25, -0.2) is 0 Å². The zero-order chi connectivity index (χ0) is 15.4. The zero-order valence-electron chi connectivity index (χ0n) is 13.6. The lowest BCUT2D eigenvalue weighted by molar-refractivity contribution is -0.144. The fraction of sp³-hybridized carbons (Fsp3) is 0.933. The lowest BCUT2D eigenvalue weighted by Gasteiger charge is -2.27. The number of aliphatic carboxylic acids is 1. The van der Waals surface area contributed by atoms with Crippen molar-refractivity contribution >= 4 is 5.97 Å². The number of hydrogen-bond acceptors (Lipinski definition) is 4. The van der Waals surface area contributed by atoms with Gasteiger partial charge in [0.15, 0.2) is 0 Å². The number of ether oxygens (including phenoxy) is 1. The SMILES string of the molecule is CCCNC(C)(CCCCN(CC)CCOC)C(=O)O. The number of carbonyl (C=O) groups is 1. The molecule has 0 aliphatic rings. The largest absolute Gasteiger partial charge is 0.480 e. The van der Waals surface area contributed by atoms with Crippen molar-refractivity contribution in [2.45, 2.75) is 52.0 Å². The van der Waals surface area contributed by atoms with Gasteiger partial charge in [0.2, 0.25) is 0 Å². The molecule has 0 aromatic rings. The smallest absolute Gasteiger partial charge is 0.323 e. The summed E-state index contributed by atoms with van der Waals surface area (Å²) in [6, 6.07) is 0. The van der Waals surface area contributed by atoms with Crippen LogP contribution in [-0.2, 0) is 9.53 Å². The van der Waals surface area contributed by atoms with Crippen LogP contribution in [0.1, 0.15) is 46.5 Å². The van der Waals surface area contributed by atoms with E-state index in [1.807, 2.05) is 6.92 Å². The summed E-state index contributed by atoms with van der Waals surface area (Å²) in [6.45, 7) is 10.4. The normalized spacial score (nSPS) is 14.4. The van der Waals surface area contributed by atoms with Gasteiger partial charge in [0, 0.05) is 13.7 Å². The van der Waals surface area contributed by atoms with Gasteiger partial charge in [0.05, 0.1) is 6.61 Å². The minimum Gasteiger partial charge on any atom is -0.480 e. The summed E-state index contributed by atoms with van der Waals surface area (Å²) in [4.78, 5) is 13.7. The van der Waals surface area contributed by atoms with Gasteiger partial charge >= 0.3 is 5.97 Å². The number of carboxylic acids is 1. The fourth-order valence-corrected chi connectivity index (χ4v) is 2.13. The van der Waals surface area contributed by atoms with E-state index in [2.05, 4.69) is 17.1 Å². The molecule has 0 aromatic heterocycles. The summed E-state index contributed by atoms with van der Waals surface area (Å²) in [5.74, 6) is -0.752. The average molecular weight is 288 g/mol. The first-order chi connectivity index (χ1) is 9.50. The molecular formula is C15H32N2O3. The van der Waals surface area contributed by atoms with Crippen LogP contribution in [0, 0.1) is 0 Å². The molecule has 1 unspecified atom stereocenters. The Bertz CT molecular complexity index is 262. The molecule has 0 aliphatic heterocycles. The standard InChI is InChI=1S/C15H32N2O3/c1-5-10-16-15(3,14(18)19)9-7-8-11-17(6-2)12-13-20-4/h16H,5-13H2,1-4H3,(H,18,19). The van der Waals surface area contributed by atoms with Gasteiger partial charge in [-0.15, -0.1) is 0 Å². The third kappa shape index (κ3) is 7.82. The van der Waals surface area contributed by atoms with Crippen LogP contribution in [0.15, 0.2) is 0 Å². The van der Waals surface area contributed by atoms with Crippen LogP contribution in [0.4, 0.5) is 0 Å². The minimum absolute atomic E-state index is 0.671. The maximum absolute atomic E-state index is 11.4. The second-order valence-electron chi connectivity index (χ2n) is 5.45. The molecule has 0 saturated heterocycles. The Balaban J connectivity index is 4.01. The predicted molar refractivity (Wildman–Crippen MR) is 82.2 cm³/mol. The van der Waals surface area contributed by atoms with E-state index in [4.69, 9.17) is 4.74 Å². The second kappa shape index (κ2) is 11.1. The first-order valence-electron chi connectivity index (χ1n) is 7.69. The van der Waals surface area contributed by atoms with E-state index in [0.29, 0.717) is 6.42 Å². The monoisotopic (exact) mass is 288 g/mol. The average Bonchev–Trinajstić information content (AvgIpc) is 2.44. The molecular weight excluding hydrogens is 256 g/mol. The van der Waals surface area contributed by atoms with Crippen LogP contribution in [0.25, 0.3) is 0 Å². The first-order valence-corrected chi connectivity index (χ1v) is 7.69. The molecule has 20 heavy (non-hydrogen) atoms. The lowest BCUT2D eigenvalue weighted by Crippen LogP contribution is -2.49. The molecule has 0 amide bonds. The van der Waals surface area contributed by atoms with Crippen molar-refractivity contribution in [3.8, 4) is 0 Å². The molecule has 0 aliphatic carbocycles. The molecule has 0 aromatic carbocycles. The minimum atomic E-state index is -0.792. The molecule has 0 heterocycles. The van der Waals surface area contributed by atoms with Crippen LogP contribution < -0.4 is 5.32 Å². The first kappa shape index (κ1) is 19.4. The maximum atomic E-state index is 11.4. The van der Waals surface area contributed by atoms with Crippen molar-refractivity contribution in [1.82, 2.24) is 10.2 Å². The number of nitrogens with zero attached hydrogens (tertiary/aromatic N) is 1. The summed E-state index contributed by atoms with van der Waals surface area (Å²) in [5, 5.41) is 12.5. The molecule has 120 valence electrons. The summed E-state index contributed by atoms with van der Waals surface area (Å²) < 4.78 is 5.08. The summed E-state index contributed by atoms with van der Waals surface area (Å²) in [5.41, 5.74) is -0.792. The molecule has 0 spiro atoms. The second-order valence-corrected chi connectivity index (χ2v) is 5.45. The molecule has 0 bridgehead atoms. The number of likely N-dealkylation sites (N-methyl/N-ethyl adjacent to an activating group) is 1. The van der Waals surface area contributed by atoms with Gasteiger partial charge in [0.1, 0.15) is 5.54 Å². The molecule has 0 fully saturated rings. The van der Waals surface area contributed by atoms with Gasteiger partial charge in [-0.05, 0) is 52.2 Å². The maximum Gasteiger partial charge on any atom is 0.323 e. The Morgan fingerprint density at radius 2 is 2.00 bits per heavy atom. The van der Waals surface area contributed by atoms with Crippen LogP contribution in [0.5, 0.6) is 0 Å². The Morgan fingerprint density at radius 1 is 1.30 bits per heavy atom. The van der Waals surface area contributed by atoms with Crippen molar-refractivity contribution < 1.29 is 14.6 Å². The molecule has 0 saturated carbocycles. The Kier molecular flexibility index (Phi) is 10.7. The predicted octanol–water partition coefficient (Wildman–Crippen LogP) is 1.97. The number of carboxylic acid groups (broad SMARTS) is 1. The summed E-state index contributed by atoms with van der Waals surface area (Å²) in [6.07, 6.45) is 3.56. The number of methoxy groups -OCH3 is 1. The van der Waals surface area contributed by atoms with E-state index in [-0.39, 0.29) is 0 Å². The Labute approximate surface area is 123 Å². The molecule has 5 nitrogen and oxygen atoms in total. The summed E-state index contributed by atoms with van der Waals surface area (Å²) in [7, 11) is 1.71. The van der Waals surface area contributed by atoms with Gasteiger partial charge in [-0.1, -0.05) is 13.8 Å². The highest BCUT2D eigenvalue weighted by molar-refractivity contribution is 5.78. The van der Waals surface area contributed by atoms with Crippen molar-refractivity contribution in [3.05, 3.63) is 0 Å². The van der Waals surface area contributed by atoms with Gasteiger partial charge in [0.25, 0.3) is 0 Å². The van der Waals surface area contributed by atoms with Gasteiger partial charge < -0.3 is 20.1 Å². The third-order valence-corrected chi connectivity index (χ3v) is 3.70. The van der Waals surface area contributed by atoms with Crippen LogP contribution in [0.2, 0.25) is 0 Å². The quantitative estimate of drug-likeness (QED) is 0.507. The molecule has 2 N–H and O–H groups in total. The zero-order valence-corrected chi connectivity index (χ0v) is 13.6. The van der Waals surface area contributed by atoms with E-state index in [0.717, 1.165) is 52.0 Å². The van der Waals surface area contributed by atoms with E-state index in [1.54, 1.807) is 14.0 Å². The van der Waals surface area contributed by atoms with Gasteiger partial charge in [-0.3, -0.25) is 4.79 Å². The Hall–Kier alpha value is -0.650. The topological polar surface area (TPSA) is 61.8 Å². The molecule has 5 heteroatoms. The number of hydrogen-bond donors (Lipinski definition) is 2. The number of nitrogens with one attached hydrogen (secondary N) is 1.